The van der Waals surface area contributed by atoms with Gasteiger partial charge in [0.2, 0.25) is 0 Å². The molecular formula is C48H60BrMgN3O8. The second kappa shape index (κ2) is 24.4. The minimum absolute atomic E-state index is 0. The molecule has 1 saturated heterocycles. The topological polar surface area (TPSA) is 132 Å². The summed E-state index contributed by atoms with van der Waals surface area (Å²) in [7, 11) is 6.09. The quantitative estimate of drug-likeness (QED) is 0.103. The summed E-state index contributed by atoms with van der Waals surface area (Å²) in [5, 5.41) is 6.94. The summed E-state index contributed by atoms with van der Waals surface area (Å²) >= 11 is 0. The molecule has 0 atom stereocenters. The molecule has 0 bridgehead atoms. The molecule has 3 aliphatic rings. The minimum Gasteiger partial charge on any atom is -1.00 e. The molecule has 11 nitrogen and oxygen atoms in total. The molecule has 7 rings (SSSR count). The summed E-state index contributed by atoms with van der Waals surface area (Å²) in [4.78, 5) is 55.2. The van der Waals surface area contributed by atoms with E-state index >= 15 is 0 Å². The summed E-state index contributed by atoms with van der Waals surface area (Å²) in [6, 6.07) is 25.6. The second-order valence-electron chi connectivity index (χ2n) is 15.4. The number of likely N-dealkylation sites (N-methyl/N-ethyl adjacent to an activating group) is 1. The van der Waals surface area contributed by atoms with Gasteiger partial charge in [0, 0.05) is 48.1 Å². The maximum Gasteiger partial charge on any atom is 2.00 e. The van der Waals surface area contributed by atoms with E-state index in [2.05, 4.69) is 36.6 Å². The molecular weight excluding hydrogens is 851 g/mol. The van der Waals surface area contributed by atoms with Gasteiger partial charge in [-0.15, -0.1) is 0 Å². The van der Waals surface area contributed by atoms with E-state index in [9.17, 15) is 19.2 Å². The van der Waals surface area contributed by atoms with Gasteiger partial charge >= 0.3 is 23.1 Å². The number of benzene rings is 4. The fourth-order valence-electron chi connectivity index (χ4n) is 6.81. The number of nitrogens with one attached hydrogen (secondary N) is 2. The number of rotatable bonds is 10. The van der Waals surface area contributed by atoms with E-state index in [0.717, 1.165) is 40.5 Å². The third kappa shape index (κ3) is 14.7. The van der Waals surface area contributed by atoms with Crippen molar-refractivity contribution in [1.82, 2.24) is 15.7 Å². The molecule has 4 aromatic rings. The first-order valence-electron chi connectivity index (χ1n) is 20.0. The normalized spacial score (nSPS) is 14.5. The van der Waals surface area contributed by atoms with Crippen molar-refractivity contribution < 1.29 is 55.2 Å². The van der Waals surface area contributed by atoms with Gasteiger partial charge in [0.15, 0.2) is 5.78 Å². The van der Waals surface area contributed by atoms with Crippen LogP contribution in [0.4, 0.5) is 0 Å². The first kappa shape index (κ1) is 52.9. The van der Waals surface area contributed by atoms with Crippen LogP contribution in [-0.4, -0.2) is 104 Å². The van der Waals surface area contributed by atoms with Crippen LogP contribution in [0.1, 0.15) is 103 Å². The minimum atomic E-state index is -0.836. The average Bonchev–Trinajstić information content (AvgIpc) is 4.10. The Bertz CT molecular complexity index is 2070. The number of halogens is 1. The van der Waals surface area contributed by atoms with Crippen LogP contribution in [0.25, 0.3) is 0 Å². The third-order valence-corrected chi connectivity index (χ3v) is 10.5. The number of aryl methyl sites for hydroxylation is 4. The molecule has 0 aromatic heterocycles. The van der Waals surface area contributed by atoms with Gasteiger partial charge in [0.1, 0.15) is 22.6 Å². The number of amides is 3. The van der Waals surface area contributed by atoms with Gasteiger partial charge in [-0.05, 0) is 103 Å². The van der Waals surface area contributed by atoms with Crippen LogP contribution in [0, 0.1) is 47.6 Å². The van der Waals surface area contributed by atoms with Gasteiger partial charge < -0.3 is 41.8 Å². The van der Waals surface area contributed by atoms with Crippen molar-refractivity contribution in [1.29, 1.82) is 0 Å². The Hall–Kier alpha value is -4.27. The van der Waals surface area contributed by atoms with Crippen molar-refractivity contribution in [2.45, 2.75) is 91.1 Å². The number of Topliss-reactive ketones (excluding diaryl/α,β-unsaturated/α-hetero) is 1. The van der Waals surface area contributed by atoms with E-state index in [1.807, 2.05) is 64.1 Å². The summed E-state index contributed by atoms with van der Waals surface area (Å²) in [5.74, 6) is 0.562. The predicted octanol–water partition coefficient (Wildman–Crippen LogP) is 4.58. The zero-order chi connectivity index (χ0) is 43.3. The Labute approximate surface area is 388 Å². The van der Waals surface area contributed by atoms with Crippen molar-refractivity contribution in [3.8, 4) is 11.5 Å². The van der Waals surface area contributed by atoms with Crippen LogP contribution in [0.15, 0.2) is 72.8 Å². The molecule has 61 heavy (non-hydrogen) atoms. The number of ether oxygens (including phenoxy) is 3. The molecule has 2 aliphatic carbocycles. The van der Waals surface area contributed by atoms with E-state index < -0.39 is 11.1 Å². The number of carbonyl (C=O) groups excluding carboxylic acids is 4. The zero-order valence-corrected chi connectivity index (χ0v) is 40.4. The Morgan fingerprint density at radius 1 is 0.656 bits per heavy atom. The van der Waals surface area contributed by atoms with Crippen molar-refractivity contribution >= 4 is 46.6 Å². The van der Waals surface area contributed by atoms with E-state index in [4.69, 9.17) is 19.0 Å². The molecule has 1 aliphatic heterocycles. The summed E-state index contributed by atoms with van der Waals surface area (Å²) in [6.07, 6.45) is 5.14. The molecule has 3 fully saturated rings. The van der Waals surface area contributed by atoms with Crippen molar-refractivity contribution in [3.63, 3.8) is 0 Å². The molecule has 0 radical (unpaired) electrons. The molecule has 3 amide bonds. The first-order valence-corrected chi connectivity index (χ1v) is 20.0. The first-order chi connectivity index (χ1) is 28.1. The van der Waals surface area contributed by atoms with E-state index in [1.54, 1.807) is 44.6 Å². The van der Waals surface area contributed by atoms with E-state index in [0.29, 0.717) is 53.9 Å². The largest absolute Gasteiger partial charge is 2.00 e. The summed E-state index contributed by atoms with van der Waals surface area (Å²) in [6.45, 7) is 13.8. The number of hydroxylamine groups is 2. The monoisotopic (exact) mass is 909 g/mol. The van der Waals surface area contributed by atoms with Crippen LogP contribution in [-0.2, 0) is 14.4 Å². The van der Waals surface area contributed by atoms with Gasteiger partial charge in [-0.2, -0.15) is 35.4 Å². The molecule has 13 heteroatoms. The molecule has 0 unspecified atom stereocenters. The van der Waals surface area contributed by atoms with E-state index in [1.165, 1.54) is 38.1 Å². The maximum atomic E-state index is 13.0. The average molecular weight is 911 g/mol. The number of carbonyl (C=O) groups is 4. The SMILES string of the molecule is C1CCOC1.COc1cccc(C(=O)NC2(C(=O)N(C)OC)CC2)c1C.COc1cccc(C(=O)NC2(C(=O)c3cc(C)cc(C)c3)CC2)c1C.Cc1c[c-]cc(C)c1.[Br-].[Mg+2]. The fraction of sp³-hybridized carbons (Fsp3) is 0.417. The van der Waals surface area contributed by atoms with Gasteiger partial charge in [-0.1, -0.05) is 43.2 Å². The fourth-order valence-corrected chi connectivity index (χ4v) is 6.81. The Morgan fingerprint density at radius 2 is 1.08 bits per heavy atom. The number of hydrogen-bond donors (Lipinski definition) is 2. The number of methoxy groups -OCH3 is 2. The second-order valence-corrected chi connectivity index (χ2v) is 15.4. The summed E-state index contributed by atoms with van der Waals surface area (Å²) < 4.78 is 15.4. The molecule has 2 N–H and O–H groups in total. The molecule has 4 aromatic carbocycles. The van der Waals surface area contributed by atoms with Gasteiger partial charge in [-0.3, -0.25) is 24.0 Å². The summed E-state index contributed by atoms with van der Waals surface area (Å²) in [5.41, 5.74) is 6.30. The van der Waals surface area contributed by atoms with Gasteiger partial charge in [0.25, 0.3) is 17.7 Å². The van der Waals surface area contributed by atoms with E-state index in [-0.39, 0.29) is 63.5 Å². The number of nitrogens with zero attached hydrogens (tertiary/aromatic N) is 1. The third-order valence-electron chi connectivity index (χ3n) is 10.5. The molecule has 324 valence electrons. The van der Waals surface area contributed by atoms with Crippen molar-refractivity contribution in [2.24, 2.45) is 0 Å². The van der Waals surface area contributed by atoms with Crippen molar-refractivity contribution in [3.05, 3.63) is 129 Å². The van der Waals surface area contributed by atoms with Crippen LogP contribution in [0.3, 0.4) is 0 Å². The predicted molar refractivity (Wildman–Crippen MR) is 235 cm³/mol. The van der Waals surface area contributed by atoms with Crippen LogP contribution in [0.2, 0.25) is 0 Å². The van der Waals surface area contributed by atoms with Crippen LogP contribution >= 0.6 is 0 Å². The van der Waals surface area contributed by atoms with Gasteiger partial charge in [0.05, 0.1) is 21.3 Å². The van der Waals surface area contributed by atoms with Crippen molar-refractivity contribution in [2.75, 3.05) is 41.6 Å². The zero-order valence-electron chi connectivity index (χ0n) is 37.4. The molecule has 1 heterocycles. The van der Waals surface area contributed by atoms with Crippen LogP contribution < -0.4 is 37.1 Å². The number of hydrogen-bond acceptors (Lipinski definition) is 8. The Morgan fingerprint density at radius 3 is 1.43 bits per heavy atom. The molecule has 0 spiro atoms. The molecule has 2 saturated carbocycles. The Kier molecular flexibility index (Phi) is 21.1. The van der Waals surface area contributed by atoms with Gasteiger partial charge in [-0.25, -0.2) is 5.06 Å². The smallest absolute Gasteiger partial charge is 1.00 e. The standard InChI is InChI=1S/C21H23NO3.C15H20N2O4.C8H9.C4H8O.BrH.Mg/c1-13-10-14(2)12-16(11-13)19(23)21(8-9-21)22-20(24)17-6-5-7-18(25-4)15(17)3;1-10-11(6-5-7-12(10)20-3)13(18)16-15(8-9-15)14(19)17(2)21-4;1-7-4-3-5-8(2)6-7;1-2-4-5-3-1;;/h5-7,10-12H,8-9H2,1-4H3,(H,22,24);5-7H,8-9H2,1-4H3,(H,16,18);4-6H,1-2H3;1-4H2;1H;/q;;-1;;;+2/p-1. The van der Waals surface area contributed by atoms with Crippen LogP contribution in [0.5, 0.6) is 11.5 Å². The number of ketones is 1. The maximum absolute atomic E-state index is 13.0. The Balaban J connectivity index is 0.000000318.